The van der Waals surface area contributed by atoms with Crippen molar-refractivity contribution in [2.75, 3.05) is 78.3 Å². The number of carboxylic acids is 6. The summed E-state index contributed by atoms with van der Waals surface area (Å²) in [6, 6.07) is -4.10. The Bertz CT molecular complexity index is 772. The standard InChI is InChI=1S/6C5H11NO2S.CH4S/c6*1-9-3-2-4(6)5(7)8;1-2/h6*4H,2-3,6H2,1H3,(H,7,8);2H,1H3. The molecule has 0 aliphatic heterocycles. The predicted molar refractivity (Wildman–Crippen MR) is 247 cm³/mol. The molecule has 0 aliphatic carbocycles. The van der Waals surface area contributed by atoms with Crippen LogP contribution in [0.4, 0.5) is 0 Å². The first-order valence-electron chi connectivity index (χ1n) is 16.4. The van der Waals surface area contributed by atoms with E-state index in [0.717, 1.165) is 34.5 Å². The van der Waals surface area contributed by atoms with Crippen LogP contribution in [0.15, 0.2) is 0 Å². The fourth-order valence-electron chi connectivity index (χ4n) is 2.21. The number of hydrogen-bond donors (Lipinski definition) is 13. The van der Waals surface area contributed by atoms with Crippen LogP contribution in [0.25, 0.3) is 0 Å². The summed E-state index contributed by atoms with van der Waals surface area (Å²) < 4.78 is 0. The van der Waals surface area contributed by atoms with Crippen LogP contribution in [0.1, 0.15) is 38.5 Å². The van der Waals surface area contributed by atoms with Gasteiger partial charge in [-0.15, -0.1) is 0 Å². The zero-order valence-electron chi connectivity index (χ0n) is 33.4. The van der Waals surface area contributed by atoms with Gasteiger partial charge in [-0.1, -0.05) is 0 Å². The molecule has 0 saturated heterocycles. The lowest BCUT2D eigenvalue weighted by molar-refractivity contribution is -0.139. The van der Waals surface area contributed by atoms with E-state index in [4.69, 9.17) is 65.0 Å². The minimum absolute atomic E-state index is 0.552. The summed E-state index contributed by atoms with van der Waals surface area (Å²) in [5.41, 5.74) is 31.1. The van der Waals surface area contributed by atoms with Crippen molar-refractivity contribution in [2.24, 2.45) is 34.4 Å². The van der Waals surface area contributed by atoms with Crippen molar-refractivity contribution in [1.29, 1.82) is 0 Å². The first kappa shape index (κ1) is 69.6. The summed E-state index contributed by atoms with van der Waals surface area (Å²) in [6.07, 6.45) is 16.6. The molecule has 0 aromatic rings. The number of carbonyl (C=O) groups is 6. The lowest BCUT2D eigenvalue weighted by Gasteiger charge is -2.02. The molecular formula is C31H70N6O12S7. The Morgan fingerprint density at radius 3 is 0.482 bits per heavy atom. The van der Waals surface area contributed by atoms with Gasteiger partial charge in [-0.3, -0.25) is 28.8 Å². The van der Waals surface area contributed by atoms with Gasteiger partial charge in [0.1, 0.15) is 36.3 Å². The van der Waals surface area contributed by atoms with Crippen molar-refractivity contribution < 1.29 is 59.4 Å². The molecule has 18 N–H and O–H groups in total. The molecule has 0 amide bonds. The maximum absolute atomic E-state index is 10.1. The molecule has 0 bridgehead atoms. The predicted octanol–water partition coefficient (Wildman–Crippen LogP) is 1.45. The van der Waals surface area contributed by atoms with Crippen LogP contribution in [-0.4, -0.2) is 181 Å². The van der Waals surface area contributed by atoms with Gasteiger partial charge in [0.15, 0.2) is 0 Å². The quantitative estimate of drug-likeness (QED) is 0.0609. The van der Waals surface area contributed by atoms with Crippen molar-refractivity contribution in [3.8, 4) is 0 Å². The summed E-state index contributed by atoms with van der Waals surface area (Å²) in [5.74, 6) is -0.600. The largest absolute Gasteiger partial charge is 0.480 e. The van der Waals surface area contributed by atoms with Gasteiger partial charge >= 0.3 is 35.8 Å². The summed E-state index contributed by atoms with van der Waals surface area (Å²) in [7, 11) is 0. The summed E-state index contributed by atoms with van der Waals surface area (Å²) in [5, 5.41) is 49.6. The second-order valence-corrected chi connectivity index (χ2v) is 16.3. The van der Waals surface area contributed by atoms with Crippen molar-refractivity contribution in [3.63, 3.8) is 0 Å². The number of thiol groups is 1. The second kappa shape index (κ2) is 54.0. The Labute approximate surface area is 363 Å². The maximum Gasteiger partial charge on any atom is 0.320 e. The second-order valence-electron chi connectivity index (χ2n) is 10.4. The molecule has 0 rings (SSSR count). The van der Waals surface area contributed by atoms with Gasteiger partial charge in [-0.2, -0.15) is 83.2 Å². The molecule has 25 heteroatoms. The molecular weight excluding hydrogens is 873 g/mol. The Morgan fingerprint density at radius 2 is 0.429 bits per heavy atom. The van der Waals surface area contributed by atoms with E-state index in [1.165, 1.54) is 0 Å². The first-order valence-corrected chi connectivity index (χ1v) is 25.6. The van der Waals surface area contributed by atoms with E-state index in [9.17, 15) is 28.8 Å². The number of nitrogens with two attached hydrogens (primary N) is 6. The normalized spacial score (nSPS) is 12.8. The number of thioether (sulfide) groups is 6. The van der Waals surface area contributed by atoms with E-state index < -0.39 is 72.1 Å². The molecule has 0 fully saturated rings. The number of hydrogen-bond acceptors (Lipinski definition) is 19. The van der Waals surface area contributed by atoms with Crippen LogP contribution < -0.4 is 34.4 Å². The van der Waals surface area contributed by atoms with Gasteiger partial charge in [0, 0.05) is 0 Å². The molecule has 0 spiro atoms. The number of aliphatic carboxylic acids is 6. The number of carboxylic acid groups (broad SMARTS) is 6. The summed E-state index contributed by atoms with van der Waals surface area (Å²) in [4.78, 5) is 60.4. The van der Waals surface area contributed by atoms with Gasteiger partial charge in [0.25, 0.3) is 0 Å². The van der Waals surface area contributed by atoms with Crippen LogP contribution in [0, 0.1) is 0 Å². The van der Waals surface area contributed by atoms with E-state index in [-0.39, 0.29) is 0 Å². The Kier molecular flexibility index (Phi) is 67.2. The van der Waals surface area contributed by atoms with E-state index in [2.05, 4.69) is 12.6 Å². The van der Waals surface area contributed by atoms with E-state index in [1.807, 2.05) is 37.5 Å². The van der Waals surface area contributed by atoms with Crippen molar-refractivity contribution in [2.45, 2.75) is 74.8 Å². The average molecular weight is 943 g/mol. The van der Waals surface area contributed by atoms with Crippen molar-refractivity contribution in [1.82, 2.24) is 0 Å². The Balaban J connectivity index is -0.000000102. The molecule has 0 radical (unpaired) electrons. The molecule has 56 heavy (non-hydrogen) atoms. The van der Waals surface area contributed by atoms with E-state index in [1.54, 1.807) is 76.8 Å². The minimum atomic E-state index is -0.913. The third-order valence-corrected chi connectivity index (χ3v) is 9.56. The molecule has 0 aliphatic rings. The molecule has 6 atom stereocenters. The minimum Gasteiger partial charge on any atom is -0.480 e. The fourth-order valence-corrected chi connectivity index (χ4v) is 5.15. The summed E-state index contributed by atoms with van der Waals surface area (Å²) >= 11 is 13.2. The fraction of sp³-hybridized carbons (Fsp3) is 0.806. The SMILES string of the molecule is CS.CSCCC(N)C(=O)O.CSCCC(N)C(=O)O.CSCCC(N)C(=O)O.CSCCC(N)C(=O)O.CSCCC(N)C(=O)O.CSCCC(N)C(=O)O. The van der Waals surface area contributed by atoms with Gasteiger partial charge in [0.2, 0.25) is 0 Å². The van der Waals surface area contributed by atoms with Crippen molar-refractivity contribution in [3.05, 3.63) is 0 Å². The zero-order valence-corrected chi connectivity index (χ0v) is 39.2. The molecule has 338 valence electrons. The molecule has 0 heterocycles. The Morgan fingerprint density at radius 1 is 0.339 bits per heavy atom. The van der Waals surface area contributed by atoms with E-state index >= 15 is 0 Å². The van der Waals surface area contributed by atoms with Gasteiger partial charge in [-0.05, 0) is 117 Å². The van der Waals surface area contributed by atoms with Crippen LogP contribution >= 0.6 is 83.2 Å². The lowest BCUT2D eigenvalue weighted by Crippen LogP contribution is -2.30. The zero-order chi connectivity index (χ0) is 45.7. The highest BCUT2D eigenvalue weighted by molar-refractivity contribution is 7.99. The molecule has 0 aromatic carbocycles. The first-order chi connectivity index (χ1) is 26.1. The third-order valence-electron chi connectivity index (χ3n) is 5.70. The lowest BCUT2D eigenvalue weighted by atomic mass is 10.2. The van der Waals surface area contributed by atoms with Crippen molar-refractivity contribution >= 4 is 119 Å². The Hall–Kier alpha value is -0.970. The number of rotatable bonds is 24. The maximum atomic E-state index is 10.1. The highest BCUT2D eigenvalue weighted by Crippen LogP contribution is 2.01. The monoisotopic (exact) mass is 942 g/mol. The molecule has 6 unspecified atom stereocenters. The highest BCUT2D eigenvalue weighted by atomic mass is 32.2. The van der Waals surface area contributed by atoms with Gasteiger partial charge in [0.05, 0.1) is 0 Å². The third kappa shape index (κ3) is 64.9. The average Bonchev–Trinajstić information content (AvgIpc) is 3.16. The molecule has 18 nitrogen and oxygen atoms in total. The summed E-state index contributed by atoms with van der Waals surface area (Å²) in [6.45, 7) is 0. The smallest absolute Gasteiger partial charge is 0.320 e. The topological polar surface area (TPSA) is 380 Å². The van der Waals surface area contributed by atoms with E-state index in [0.29, 0.717) is 38.5 Å². The van der Waals surface area contributed by atoms with Crippen LogP contribution in [0.5, 0.6) is 0 Å². The van der Waals surface area contributed by atoms with Crippen LogP contribution in [0.3, 0.4) is 0 Å². The highest BCUT2D eigenvalue weighted by Gasteiger charge is 2.12. The van der Waals surface area contributed by atoms with Gasteiger partial charge in [-0.25, -0.2) is 0 Å². The van der Waals surface area contributed by atoms with Gasteiger partial charge < -0.3 is 65.0 Å². The molecule has 0 saturated carbocycles. The molecule has 0 aromatic heterocycles. The van der Waals surface area contributed by atoms with Crippen LogP contribution in [-0.2, 0) is 28.8 Å². The van der Waals surface area contributed by atoms with Crippen LogP contribution in [0.2, 0.25) is 0 Å².